The highest BCUT2D eigenvalue weighted by atomic mass is 16.5. The minimum Gasteiger partial charge on any atom is -0.497 e. The van der Waals surface area contributed by atoms with Crippen LogP contribution in [0.25, 0.3) is 0 Å². The lowest BCUT2D eigenvalue weighted by Crippen LogP contribution is -2.50. The molecule has 4 rings (SSSR count). The monoisotopic (exact) mass is 575 g/mol. The van der Waals surface area contributed by atoms with E-state index >= 15 is 0 Å². The molecule has 4 N–H and O–H groups in total. The number of nitrogens with one attached hydrogen (secondary N) is 3. The topological polar surface area (TPSA) is 132 Å². The number of para-hydroxylation sites is 1. The summed E-state index contributed by atoms with van der Waals surface area (Å²) >= 11 is 0. The van der Waals surface area contributed by atoms with Crippen molar-refractivity contribution in [3.8, 4) is 11.5 Å². The highest BCUT2D eigenvalue weighted by Crippen LogP contribution is 2.31. The van der Waals surface area contributed by atoms with Gasteiger partial charge in [0.15, 0.2) is 0 Å². The van der Waals surface area contributed by atoms with E-state index in [0.29, 0.717) is 35.1 Å². The molecule has 5 amide bonds. The molecule has 0 aromatic heterocycles. The molecule has 11 nitrogen and oxygen atoms in total. The molecule has 3 atom stereocenters. The lowest BCUT2D eigenvalue weighted by atomic mass is 9.99. The summed E-state index contributed by atoms with van der Waals surface area (Å²) in [5.41, 5.74) is 1.87. The molecule has 0 fully saturated rings. The van der Waals surface area contributed by atoms with Gasteiger partial charge in [-0.2, -0.15) is 0 Å². The van der Waals surface area contributed by atoms with Crippen LogP contribution in [-0.2, 0) is 0 Å². The van der Waals surface area contributed by atoms with Crippen molar-refractivity contribution in [1.29, 1.82) is 0 Å². The maximum absolute atomic E-state index is 13.7. The molecule has 0 radical (unpaired) electrons. The normalized spacial score (nSPS) is 17.1. The van der Waals surface area contributed by atoms with E-state index in [4.69, 9.17) is 9.47 Å². The molecule has 11 heteroatoms. The number of hydrogen-bond acceptors (Lipinski definition) is 6. The minimum atomic E-state index is -0.488. The number of fused-ring (bicyclic) bond motifs is 1. The first kappa shape index (κ1) is 30.2. The van der Waals surface area contributed by atoms with Gasteiger partial charge in [0.25, 0.3) is 5.91 Å². The SMILES string of the molecule is COc1ccc(NC(=O)Nc2ccc3c(c2)C(=O)N([C@@H](C)CO)C[C@@H](C)[C@H](CN(C)C(=O)Nc2ccccc2)O3)cc1. The zero-order chi connectivity index (χ0) is 30.2. The Labute approximate surface area is 245 Å². The van der Waals surface area contributed by atoms with E-state index in [9.17, 15) is 19.5 Å². The number of nitrogens with zero attached hydrogens (tertiary/aromatic N) is 2. The molecule has 0 aliphatic carbocycles. The summed E-state index contributed by atoms with van der Waals surface area (Å²) in [5, 5.41) is 18.3. The van der Waals surface area contributed by atoms with E-state index in [-0.39, 0.29) is 36.6 Å². The summed E-state index contributed by atoms with van der Waals surface area (Å²) in [6.07, 6.45) is -0.464. The predicted octanol–water partition coefficient (Wildman–Crippen LogP) is 4.72. The Morgan fingerprint density at radius 3 is 2.33 bits per heavy atom. The van der Waals surface area contributed by atoms with Crippen LogP contribution in [0.5, 0.6) is 11.5 Å². The van der Waals surface area contributed by atoms with E-state index < -0.39 is 18.2 Å². The number of ether oxygens (including phenoxy) is 2. The van der Waals surface area contributed by atoms with Crippen LogP contribution in [0.3, 0.4) is 0 Å². The maximum Gasteiger partial charge on any atom is 0.323 e. The van der Waals surface area contributed by atoms with Gasteiger partial charge in [0.05, 0.1) is 31.9 Å². The highest BCUT2D eigenvalue weighted by Gasteiger charge is 2.34. The molecule has 1 aliphatic rings. The summed E-state index contributed by atoms with van der Waals surface area (Å²) in [6, 6.07) is 19.6. The van der Waals surface area contributed by atoms with E-state index in [2.05, 4.69) is 16.0 Å². The molecule has 222 valence electrons. The number of aliphatic hydroxyl groups excluding tert-OH is 1. The Bertz CT molecular complexity index is 1380. The van der Waals surface area contributed by atoms with Crippen LogP contribution in [-0.4, -0.2) is 78.9 Å². The van der Waals surface area contributed by atoms with Crippen LogP contribution in [0, 0.1) is 5.92 Å². The van der Waals surface area contributed by atoms with Gasteiger partial charge in [0.1, 0.15) is 17.6 Å². The zero-order valence-electron chi connectivity index (χ0n) is 24.2. The number of benzene rings is 3. The van der Waals surface area contributed by atoms with Gasteiger partial charge in [-0.25, -0.2) is 9.59 Å². The van der Waals surface area contributed by atoms with Gasteiger partial charge in [-0.3, -0.25) is 4.79 Å². The third kappa shape index (κ3) is 7.49. The largest absolute Gasteiger partial charge is 0.497 e. The average molecular weight is 576 g/mol. The van der Waals surface area contributed by atoms with Crippen LogP contribution in [0.1, 0.15) is 24.2 Å². The van der Waals surface area contributed by atoms with Crippen molar-refractivity contribution < 1.29 is 29.0 Å². The molecule has 3 aromatic rings. The van der Waals surface area contributed by atoms with E-state index in [1.165, 1.54) is 4.90 Å². The van der Waals surface area contributed by atoms with Gasteiger partial charge in [-0.1, -0.05) is 25.1 Å². The number of aliphatic hydroxyl groups is 1. The van der Waals surface area contributed by atoms with Gasteiger partial charge in [-0.15, -0.1) is 0 Å². The second kappa shape index (κ2) is 13.7. The molecule has 0 bridgehead atoms. The summed E-state index contributed by atoms with van der Waals surface area (Å²) < 4.78 is 11.5. The number of methoxy groups -OCH3 is 1. The standard InChI is InChI=1S/C31H37N5O6/c1-20-17-36(21(2)19-37)29(38)26-16-24(33-30(39)32-23-10-13-25(41-4)14-11-23)12-15-27(26)42-28(20)18-35(3)31(40)34-22-8-6-5-7-9-22/h5-16,20-21,28,37H,17-19H2,1-4H3,(H,34,40)(H2,32,33,39)/t20-,21+,28+/m1/s1. The molecule has 3 aromatic carbocycles. The average Bonchev–Trinajstić information content (AvgIpc) is 2.99. The van der Waals surface area contributed by atoms with Crippen molar-refractivity contribution in [2.75, 3.05) is 49.8 Å². The molecule has 0 unspecified atom stereocenters. The third-order valence-corrected chi connectivity index (χ3v) is 7.10. The molecule has 0 spiro atoms. The number of anilines is 3. The molecule has 0 saturated heterocycles. The summed E-state index contributed by atoms with van der Waals surface area (Å²) in [7, 11) is 3.24. The summed E-state index contributed by atoms with van der Waals surface area (Å²) in [6.45, 7) is 4.04. The van der Waals surface area contributed by atoms with Crippen LogP contribution >= 0.6 is 0 Å². The molecular formula is C31H37N5O6. The Morgan fingerprint density at radius 2 is 1.67 bits per heavy atom. The highest BCUT2D eigenvalue weighted by molar-refractivity contribution is 6.02. The quantitative estimate of drug-likeness (QED) is 0.307. The Kier molecular flexibility index (Phi) is 9.87. The fraction of sp³-hybridized carbons (Fsp3) is 0.323. The van der Waals surface area contributed by atoms with Gasteiger partial charge >= 0.3 is 12.1 Å². The Balaban J connectivity index is 1.54. The second-order valence-corrected chi connectivity index (χ2v) is 10.3. The number of hydrogen-bond donors (Lipinski definition) is 4. The zero-order valence-corrected chi connectivity index (χ0v) is 24.2. The third-order valence-electron chi connectivity index (χ3n) is 7.10. The van der Waals surface area contributed by atoms with Gasteiger partial charge in [0.2, 0.25) is 0 Å². The fourth-order valence-electron chi connectivity index (χ4n) is 4.58. The Morgan fingerprint density at radius 1 is 1.02 bits per heavy atom. The summed E-state index contributed by atoms with van der Waals surface area (Å²) in [4.78, 5) is 42.4. The summed E-state index contributed by atoms with van der Waals surface area (Å²) in [5.74, 6) is 0.491. The van der Waals surface area contributed by atoms with Crippen LogP contribution in [0.4, 0.5) is 26.7 Å². The number of carbonyl (C=O) groups excluding carboxylic acids is 3. The van der Waals surface area contributed by atoms with Gasteiger partial charge in [-0.05, 0) is 61.5 Å². The van der Waals surface area contributed by atoms with Crippen LogP contribution in [0.2, 0.25) is 0 Å². The number of carbonyl (C=O) groups is 3. The number of urea groups is 2. The van der Waals surface area contributed by atoms with Crippen molar-refractivity contribution in [1.82, 2.24) is 9.80 Å². The number of likely N-dealkylation sites (N-methyl/N-ethyl adjacent to an activating group) is 1. The van der Waals surface area contributed by atoms with Crippen molar-refractivity contribution in [2.24, 2.45) is 5.92 Å². The molecule has 1 aliphatic heterocycles. The predicted molar refractivity (Wildman–Crippen MR) is 161 cm³/mol. The second-order valence-electron chi connectivity index (χ2n) is 10.3. The van der Waals surface area contributed by atoms with Crippen LogP contribution in [0.15, 0.2) is 72.8 Å². The Hall–Kier alpha value is -4.77. The lowest BCUT2D eigenvalue weighted by Gasteiger charge is -2.38. The van der Waals surface area contributed by atoms with Crippen molar-refractivity contribution in [2.45, 2.75) is 26.0 Å². The number of rotatable bonds is 8. The first-order valence-electron chi connectivity index (χ1n) is 13.7. The fourth-order valence-corrected chi connectivity index (χ4v) is 4.58. The van der Waals surface area contributed by atoms with Gasteiger partial charge < -0.3 is 40.3 Å². The van der Waals surface area contributed by atoms with E-state index in [0.717, 1.165) is 0 Å². The van der Waals surface area contributed by atoms with E-state index in [1.54, 1.807) is 80.6 Å². The number of amides is 5. The van der Waals surface area contributed by atoms with Crippen molar-refractivity contribution in [3.63, 3.8) is 0 Å². The van der Waals surface area contributed by atoms with Crippen molar-refractivity contribution in [3.05, 3.63) is 78.4 Å². The maximum atomic E-state index is 13.7. The molecule has 42 heavy (non-hydrogen) atoms. The van der Waals surface area contributed by atoms with Crippen LogP contribution < -0.4 is 25.4 Å². The van der Waals surface area contributed by atoms with Gasteiger partial charge in [0, 0.05) is 36.6 Å². The minimum absolute atomic E-state index is 0.170. The van der Waals surface area contributed by atoms with E-state index in [1.807, 2.05) is 25.1 Å². The smallest absolute Gasteiger partial charge is 0.323 e. The molecular weight excluding hydrogens is 538 g/mol. The van der Waals surface area contributed by atoms with Crippen molar-refractivity contribution >= 4 is 35.0 Å². The first-order chi connectivity index (χ1) is 20.2. The first-order valence-corrected chi connectivity index (χ1v) is 13.7. The lowest BCUT2D eigenvalue weighted by molar-refractivity contribution is 0.0371. The molecule has 1 heterocycles. The molecule has 0 saturated carbocycles.